The zero-order chi connectivity index (χ0) is 11.1. The Balaban J connectivity index is 2.32. The van der Waals surface area contributed by atoms with E-state index in [4.69, 9.17) is 4.63 Å². The highest BCUT2D eigenvalue weighted by Crippen LogP contribution is 2.33. The highest BCUT2D eigenvalue weighted by molar-refractivity contribution is 7.15. The van der Waals surface area contributed by atoms with Crippen molar-refractivity contribution in [1.29, 1.82) is 0 Å². The number of nitrogens with zero attached hydrogens (tertiary/aromatic N) is 2. The van der Waals surface area contributed by atoms with E-state index in [1.54, 1.807) is 11.3 Å². The maximum atomic E-state index is 4.82. The predicted molar refractivity (Wildman–Crippen MR) is 64.6 cm³/mol. The summed E-state index contributed by atoms with van der Waals surface area (Å²) in [6, 6.07) is 8.35. The van der Waals surface area contributed by atoms with Crippen LogP contribution in [0.3, 0.4) is 0 Å². The van der Waals surface area contributed by atoms with Crippen LogP contribution >= 0.6 is 11.3 Å². The number of aryl methyl sites for hydroxylation is 2. The predicted octanol–water partition coefficient (Wildman–Crippen LogP) is 3.57. The molecule has 0 fully saturated rings. The standard InChI is InChI=1S/C12H10N2OS/c1-7-3-5-9(10-6-4-8(2)16-10)12-11(7)13-15-14-12/h3-6H,1-2H3. The molecule has 0 saturated heterocycles. The van der Waals surface area contributed by atoms with Crippen molar-refractivity contribution < 1.29 is 4.63 Å². The Kier molecular flexibility index (Phi) is 2.04. The molecule has 0 N–H and O–H groups in total. The monoisotopic (exact) mass is 230 g/mol. The second-order valence-corrected chi connectivity index (χ2v) is 5.09. The van der Waals surface area contributed by atoms with E-state index < -0.39 is 0 Å². The fraction of sp³-hybridized carbons (Fsp3) is 0.167. The van der Waals surface area contributed by atoms with Gasteiger partial charge in [0.05, 0.1) is 0 Å². The van der Waals surface area contributed by atoms with Crippen molar-refractivity contribution in [3.63, 3.8) is 0 Å². The molecule has 0 bridgehead atoms. The van der Waals surface area contributed by atoms with Gasteiger partial charge in [-0.05, 0) is 41.9 Å². The average Bonchev–Trinajstić information content (AvgIpc) is 2.87. The molecule has 0 amide bonds. The third-order valence-corrected chi connectivity index (χ3v) is 3.66. The minimum atomic E-state index is 0.849. The van der Waals surface area contributed by atoms with Crippen LogP contribution in [0.5, 0.6) is 0 Å². The first kappa shape index (κ1) is 9.54. The van der Waals surface area contributed by atoms with E-state index in [2.05, 4.69) is 41.5 Å². The van der Waals surface area contributed by atoms with E-state index in [9.17, 15) is 0 Å². The van der Waals surface area contributed by atoms with Crippen molar-refractivity contribution >= 4 is 22.4 Å². The van der Waals surface area contributed by atoms with Crippen LogP contribution < -0.4 is 0 Å². The molecule has 3 rings (SSSR count). The molecule has 0 atom stereocenters. The van der Waals surface area contributed by atoms with Gasteiger partial charge in [0.2, 0.25) is 0 Å². The maximum absolute atomic E-state index is 4.82. The highest BCUT2D eigenvalue weighted by Gasteiger charge is 2.11. The van der Waals surface area contributed by atoms with Gasteiger partial charge in [-0.3, -0.25) is 0 Å². The molecular formula is C12H10N2OS. The summed E-state index contributed by atoms with van der Waals surface area (Å²) in [5.74, 6) is 0. The minimum Gasteiger partial charge on any atom is -0.243 e. The molecule has 0 aliphatic carbocycles. The van der Waals surface area contributed by atoms with E-state index in [-0.39, 0.29) is 0 Å². The van der Waals surface area contributed by atoms with Crippen LogP contribution in [0.2, 0.25) is 0 Å². The lowest BCUT2D eigenvalue weighted by atomic mass is 10.1. The summed E-state index contributed by atoms with van der Waals surface area (Å²) in [5, 5.41) is 7.92. The summed E-state index contributed by atoms with van der Waals surface area (Å²) in [6.45, 7) is 4.11. The summed E-state index contributed by atoms with van der Waals surface area (Å²) >= 11 is 1.76. The van der Waals surface area contributed by atoms with Crippen molar-refractivity contribution in [2.75, 3.05) is 0 Å². The van der Waals surface area contributed by atoms with E-state index >= 15 is 0 Å². The molecule has 3 aromatic rings. The Bertz CT molecular complexity index is 654. The second kappa shape index (κ2) is 3.42. The molecule has 0 aliphatic heterocycles. The Morgan fingerprint density at radius 3 is 2.56 bits per heavy atom. The van der Waals surface area contributed by atoms with Crippen LogP contribution in [0.25, 0.3) is 21.5 Å². The maximum Gasteiger partial charge on any atom is 0.144 e. The smallest absolute Gasteiger partial charge is 0.144 e. The third-order valence-electron chi connectivity index (χ3n) is 2.62. The average molecular weight is 230 g/mol. The Labute approximate surface area is 96.7 Å². The van der Waals surface area contributed by atoms with Crippen LogP contribution in [0.4, 0.5) is 0 Å². The summed E-state index contributed by atoms with van der Waals surface area (Å²) in [5.41, 5.74) is 3.89. The van der Waals surface area contributed by atoms with Gasteiger partial charge in [-0.25, -0.2) is 4.63 Å². The first-order valence-electron chi connectivity index (χ1n) is 5.04. The topological polar surface area (TPSA) is 38.9 Å². The van der Waals surface area contributed by atoms with Gasteiger partial charge in [0.1, 0.15) is 11.0 Å². The first-order chi connectivity index (χ1) is 7.75. The lowest BCUT2D eigenvalue weighted by molar-refractivity contribution is 0.315. The van der Waals surface area contributed by atoms with E-state index in [0.717, 1.165) is 22.2 Å². The van der Waals surface area contributed by atoms with Crippen molar-refractivity contribution in [3.05, 3.63) is 34.7 Å². The number of benzene rings is 1. The van der Waals surface area contributed by atoms with Crippen LogP contribution in [0, 0.1) is 13.8 Å². The van der Waals surface area contributed by atoms with Gasteiger partial charge < -0.3 is 0 Å². The van der Waals surface area contributed by atoms with Crippen molar-refractivity contribution in [3.8, 4) is 10.4 Å². The molecule has 0 aliphatic rings. The van der Waals surface area contributed by atoms with Gasteiger partial charge >= 0.3 is 0 Å². The molecule has 2 heterocycles. The normalized spacial score (nSPS) is 11.1. The molecule has 0 unspecified atom stereocenters. The van der Waals surface area contributed by atoms with Gasteiger partial charge in [-0.2, -0.15) is 0 Å². The third kappa shape index (κ3) is 1.34. The van der Waals surface area contributed by atoms with Gasteiger partial charge in [-0.15, -0.1) is 11.3 Å². The molecule has 2 aromatic heterocycles. The highest BCUT2D eigenvalue weighted by atomic mass is 32.1. The molecule has 0 saturated carbocycles. The van der Waals surface area contributed by atoms with Crippen molar-refractivity contribution in [1.82, 2.24) is 10.3 Å². The molecule has 4 heteroatoms. The number of hydrogen-bond donors (Lipinski definition) is 0. The zero-order valence-corrected chi connectivity index (χ0v) is 9.84. The largest absolute Gasteiger partial charge is 0.243 e. The van der Waals surface area contributed by atoms with Gasteiger partial charge in [0.15, 0.2) is 0 Å². The molecule has 3 nitrogen and oxygen atoms in total. The molecule has 80 valence electrons. The number of rotatable bonds is 1. The minimum absolute atomic E-state index is 0.849. The lowest BCUT2D eigenvalue weighted by Gasteiger charge is -1.98. The first-order valence-corrected chi connectivity index (χ1v) is 5.86. The van der Waals surface area contributed by atoms with Gasteiger partial charge in [0, 0.05) is 15.3 Å². The van der Waals surface area contributed by atoms with Crippen LogP contribution in [-0.4, -0.2) is 10.3 Å². The molecule has 0 radical (unpaired) electrons. The van der Waals surface area contributed by atoms with Gasteiger partial charge in [0.25, 0.3) is 0 Å². The van der Waals surface area contributed by atoms with Crippen molar-refractivity contribution in [2.24, 2.45) is 0 Å². The summed E-state index contributed by atoms with van der Waals surface area (Å²) < 4.78 is 4.82. The molecule has 0 spiro atoms. The molecule has 1 aromatic carbocycles. The number of aromatic nitrogens is 2. The van der Waals surface area contributed by atoms with Crippen molar-refractivity contribution in [2.45, 2.75) is 13.8 Å². The van der Waals surface area contributed by atoms with E-state index in [1.807, 2.05) is 6.92 Å². The second-order valence-electron chi connectivity index (χ2n) is 3.80. The molecule has 16 heavy (non-hydrogen) atoms. The van der Waals surface area contributed by atoms with Gasteiger partial charge in [-0.1, -0.05) is 12.1 Å². The SMILES string of the molecule is Cc1ccc(-c2ccc(C)c3nonc23)s1. The number of hydrogen-bond acceptors (Lipinski definition) is 4. The van der Waals surface area contributed by atoms with E-state index in [0.29, 0.717) is 0 Å². The number of thiophene rings is 1. The summed E-state index contributed by atoms with van der Waals surface area (Å²) in [7, 11) is 0. The molecular weight excluding hydrogens is 220 g/mol. The Morgan fingerprint density at radius 2 is 1.81 bits per heavy atom. The summed E-state index contributed by atoms with van der Waals surface area (Å²) in [6.07, 6.45) is 0. The van der Waals surface area contributed by atoms with E-state index in [1.165, 1.54) is 9.75 Å². The van der Waals surface area contributed by atoms with Crippen LogP contribution in [0.15, 0.2) is 28.9 Å². The summed E-state index contributed by atoms with van der Waals surface area (Å²) in [4.78, 5) is 2.50. The Hall–Kier alpha value is -1.68. The van der Waals surface area contributed by atoms with Crippen LogP contribution in [-0.2, 0) is 0 Å². The zero-order valence-electron chi connectivity index (χ0n) is 9.02. The Morgan fingerprint density at radius 1 is 1.00 bits per heavy atom. The lowest BCUT2D eigenvalue weighted by Crippen LogP contribution is -1.80. The fourth-order valence-corrected chi connectivity index (χ4v) is 2.66. The van der Waals surface area contributed by atoms with Crippen LogP contribution in [0.1, 0.15) is 10.4 Å². The quantitative estimate of drug-likeness (QED) is 0.641. The fourth-order valence-electron chi connectivity index (χ4n) is 1.77. The number of fused-ring (bicyclic) bond motifs is 1.